The lowest BCUT2D eigenvalue weighted by Crippen LogP contribution is -2.49. The minimum atomic E-state index is -3.46. The zero-order valence-corrected chi connectivity index (χ0v) is 16.1. The number of hydrogen-bond donors (Lipinski definition) is 1. The molecule has 3 heterocycles. The van der Waals surface area contributed by atoms with Gasteiger partial charge in [-0.3, -0.25) is 14.8 Å². The number of hydrogen-bond acceptors (Lipinski definition) is 6. The normalized spacial score (nSPS) is 26.7. The van der Waals surface area contributed by atoms with E-state index in [0.29, 0.717) is 38.2 Å². The van der Waals surface area contributed by atoms with Crippen LogP contribution in [0.25, 0.3) is 0 Å². The van der Waals surface area contributed by atoms with Crippen molar-refractivity contribution in [2.24, 2.45) is 5.92 Å². The van der Waals surface area contributed by atoms with Crippen molar-refractivity contribution in [3.05, 3.63) is 23.8 Å². The van der Waals surface area contributed by atoms with Gasteiger partial charge in [-0.25, -0.2) is 0 Å². The second kappa shape index (κ2) is 7.55. The summed E-state index contributed by atoms with van der Waals surface area (Å²) in [6.07, 6.45) is 3.81. The van der Waals surface area contributed by atoms with E-state index in [9.17, 15) is 13.2 Å². The predicted molar refractivity (Wildman–Crippen MR) is 94.2 cm³/mol. The van der Waals surface area contributed by atoms with Crippen LogP contribution >= 0.6 is 0 Å². The quantitative estimate of drug-likeness (QED) is 0.748. The molecule has 2 fully saturated rings. The second-order valence-electron chi connectivity index (χ2n) is 6.96. The summed E-state index contributed by atoms with van der Waals surface area (Å²) in [5.41, 5.74) is 1.50. The van der Waals surface area contributed by atoms with Crippen LogP contribution in [0.15, 0.2) is 12.4 Å². The van der Waals surface area contributed by atoms with E-state index in [1.165, 1.54) is 22.7 Å². The Morgan fingerprint density at radius 2 is 2.15 bits per heavy atom. The average molecular weight is 383 g/mol. The Morgan fingerprint density at radius 3 is 2.81 bits per heavy atom. The minimum absolute atomic E-state index is 0.191. The number of aromatic nitrogens is 2. The molecule has 2 aliphatic heterocycles. The molecule has 1 aromatic heterocycles. The van der Waals surface area contributed by atoms with Crippen LogP contribution in [0, 0.1) is 12.8 Å². The third-order valence-corrected chi connectivity index (χ3v) is 6.78. The summed E-state index contributed by atoms with van der Waals surface area (Å²) in [5.74, 6) is 0.0160. The standard InChI is InChI=1S/C16H25N5O4S/c1-11-7-18-13(8-17-11)9-19-16(22)14-6-12-4-5-21(10-15(12)25-14)26(23,24)20(2)3/h7-8,12,14-15H,4-6,9-10H2,1-3H3,(H,19,22)/t12-,14+,15+/m0/s1. The molecule has 2 saturated heterocycles. The van der Waals surface area contributed by atoms with Gasteiger partial charge in [-0.2, -0.15) is 17.0 Å². The summed E-state index contributed by atoms with van der Waals surface area (Å²) >= 11 is 0. The van der Waals surface area contributed by atoms with E-state index in [2.05, 4.69) is 15.3 Å². The van der Waals surface area contributed by atoms with E-state index >= 15 is 0 Å². The van der Waals surface area contributed by atoms with Crippen LogP contribution in [0.4, 0.5) is 0 Å². The molecule has 0 aromatic carbocycles. The monoisotopic (exact) mass is 383 g/mol. The van der Waals surface area contributed by atoms with Crippen LogP contribution in [0.2, 0.25) is 0 Å². The van der Waals surface area contributed by atoms with Crippen molar-refractivity contribution in [1.29, 1.82) is 0 Å². The lowest BCUT2D eigenvalue weighted by atomic mass is 9.93. The molecule has 10 heteroatoms. The molecule has 0 saturated carbocycles. The van der Waals surface area contributed by atoms with E-state index in [1.807, 2.05) is 6.92 Å². The molecule has 0 aliphatic carbocycles. The van der Waals surface area contributed by atoms with Gasteiger partial charge in [0.15, 0.2) is 0 Å². The molecule has 2 aliphatic rings. The highest BCUT2D eigenvalue weighted by Crippen LogP contribution is 2.34. The van der Waals surface area contributed by atoms with Crippen LogP contribution in [0.5, 0.6) is 0 Å². The van der Waals surface area contributed by atoms with Crippen LogP contribution in [-0.2, 0) is 26.3 Å². The number of nitrogens with one attached hydrogen (secondary N) is 1. The SMILES string of the molecule is Cc1cnc(CNC(=O)[C@H]2C[C@@H]3CCN(S(=O)(=O)N(C)C)C[C@H]3O2)cn1. The van der Waals surface area contributed by atoms with E-state index in [4.69, 9.17) is 4.74 Å². The van der Waals surface area contributed by atoms with Crippen molar-refractivity contribution in [1.82, 2.24) is 23.9 Å². The first-order valence-electron chi connectivity index (χ1n) is 8.65. The first kappa shape index (κ1) is 19.2. The van der Waals surface area contributed by atoms with Gasteiger partial charge in [-0.05, 0) is 25.7 Å². The zero-order chi connectivity index (χ0) is 18.9. The lowest BCUT2D eigenvalue weighted by Gasteiger charge is -2.34. The van der Waals surface area contributed by atoms with Crippen molar-refractivity contribution in [3.8, 4) is 0 Å². The first-order chi connectivity index (χ1) is 12.3. The Balaban J connectivity index is 1.54. The Labute approximate surface area is 153 Å². The maximum atomic E-state index is 12.4. The maximum Gasteiger partial charge on any atom is 0.281 e. The van der Waals surface area contributed by atoms with E-state index in [1.54, 1.807) is 12.4 Å². The fraction of sp³-hybridized carbons (Fsp3) is 0.688. The number of amides is 1. The number of nitrogens with zero attached hydrogens (tertiary/aromatic N) is 4. The van der Waals surface area contributed by atoms with Crippen LogP contribution in [0.3, 0.4) is 0 Å². The predicted octanol–water partition coefficient (Wildman–Crippen LogP) is -0.313. The van der Waals surface area contributed by atoms with Crippen molar-refractivity contribution in [3.63, 3.8) is 0 Å². The average Bonchev–Trinajstić information content (AvgIpc) is 3.04. The Morgan fingerprint density at radius 1 is 1.38 bits per heavy atom. The van der Waals surface area contributed by atoms with Gasteiger partial charge in [0.1, 0.15) is 6.10 Å². The van der Waals surface area contributed by atoms with Crippen molar-refractivity contribution in [2.75, 3.05) is 27.2 Å². The molecule has 144 valence electrons. The topological polar surface area (TPSA) is 105 Å². The van der Waals surface area contributed by atoms with E-state index in [-0.39, 0.29) is 17.9 Å². The molecular formula is C16H25N5O4S. The van der Waals surface area contributed by atoms with Gasteiger partial charge in [0.05, 0.1) is 30.2 Å². The Kier molecular flexibility index (Phi) is 5.56. The van der Waals surface area contributed by atoms with Crippen LogP contribution < -0.4 is 5.32 Å². The van der Waals surface area contributed by atoms with Gasteiger partial charge in [0.25, 0.3) is 10.2 Å². The number of carbonyl (C=O) groups excluding carboxylic acids is 1. The molecule has 1 aromatic rings. The summed E-state index contributed by atoms with van der Waals surface area (Å²) in [5, 5.41) is 2.82. The van der Waals surface area contributed by atoms with Gasteiger partial charge in [-0.15, -0.1) is 0 Å². The number of ether oxygens (including phenoxy) is 1. The second-order valence-corrected chi connectivity index (χ2v) is 9.11. The molecule has 1 N–H and O–H groups in total. The summed E-state index contributed by atoms with van der Waals surface area (Å²) in [4.78, 5) is 20.7. The fourth-order valence-electron chi connectivity index (χ4n) is 3.31. The fourth-order valence-corrected chi connectivity index (χ4v) is 4.45. The molecule has 0 radical (unpaired) electrons. The lowest BCUT2D eigenvalue weighted by molar-refractivity contribution is -0.132. The van der Waals surface area contributed by atoms with Crippen LogP contribution in [0.1, 0.15) is 24.2 Å². The third kappa shape index (κ3) is 4.03. The largest absolute Gasteiger partial charge is 0.363 e. The van der Waals surface area contributed by atoms with Crippen LogP contribution in [-0.4, -0.2) is 72.3 Å². The molecule has 3 atom stereocenters. The molecular weight excluding hydrogens is 358 g/mol. The number of aryl methyl sites for hydroxylation is 1. The molecule has 1 amide bonds. The van der Waals surface area contributed by atoms with E-state index < -0.39 is 16.3 Å². The van der Waals surface area contributed by atoms with Gasteiger partial charge in [0.2, 0.25) is 5.91 Å². The molecule has 3 rings (SSSR count). The van der Waals surface area contributed by atoms with Crippen molar-refractivity contribution >= 4 is 16.1 Å². The summed E-state index contributed by atoms with van der Waals surface area (Å²) < 4.78 is 33.1. The number of piperidine rings is 1. The highest BCUT2D eigenvalue weighted by molar-refractivity contribution is 7.86. The smallest absolute Gasteiger partial charge is 0.281 e. The number of fused-ring (bicyclic) bond motifs is 1. The maximum absolute atomic E-state index is 12.4. The molecule has 9 nitrogen and oxygen atoms in total. The number of rotatable bonds is 5. The minimum Gasteiger partial charge on any atom is -0.363 e. The van der Waals surface area contributed by atoms with Gasteiger partial charge >= 0.3 is 0 Å². The van der Waals surface area contributed by atoms with Gasteiger partial charge < -0.3 is 10.1 Å². The van der Waals surface area contributed by atoms with Gasteiger partial charge in [0, 0.05) is 33.4 Å². The van der Waals surface area contributed by atoms with Crippen molar-refractivity contribution in [2.45, 2.75) is 38.5 Å². The summed E-state index contributed by atoms with van der Waals surface area (Å²) in [6, 6.07) is 0. The highest BCUT2D eigenvalue weighted by atomic mass is 32.2. The highest BCUT2D eigenvalue weighted by Gasteiger charge is 2.44. The van der Waals surface area contributed by atoms with Crippen molar-refractivity contribution < 1.29 is 17.9 Å². The Hall–Kier alpha value is -1.62. The first-order valence-corrected chi connectivity index (χ1v) is 10.1. The van der Waals surface area contributed by atoms with E-state index in [0.717, 1.165) is 5.69 Å². The molecule has 26 heavy (non-hydrogen) atoms. The summed E-state index contributed by atoms with van der Waals surface area (Å²) in [6.45, 7) is 2.89. The third-order valence-electron chi connectivity index (χ3n) is 4.87. The summed E-state index contributed by atoms with van der Waals surface area (Å²) in [7, 11) is -0.425. The molecule has 0 spiro atoms. The molecule has 0 unspecified atom stereocenters. The van der Waals surface area contributed by atoms with Gasteiger partial charge in [-0.1, -0.05) is 0 Å². The Bertz CT molecular complexity index is 752. The zero-order valence-electron chi connectivity index (χ0n) is 15.3. The number of carbonyl (C=O) groups is 1. The molecule has 0 bridgehead atoms.